The van der Waals surface area contributed by atoms with Gasteiger partial charge in [-0.2, -0.15) is 0 Å². The second-order valence-corrected chi connectivity index (χ2v) is 8.98. The highest BCUT2D eigenvalue weighted by Gasteiger charge is 2.49. The highest BCUT2D eigenvalue weighted by Crippen LogP contribution is 2.48. The van der Waals surface area contributed by atoms with Gasteiger partial charge in [0, 0.05) is 37.8 Å². The van der Waals surface area contributed by atoms with Gasteiger partial charge in [0.25, 0.3) is 5.91 Å². The highest BCUT2D eigenvalue weighted by atomic mass is 16.5. The summed E-state index contributed by atoms with van der Waals surface area (Å²) in [6.45, 7) is 4.61. The lowest BCUT2D eigenvalue weighted by molar-refractivity contribution is -0.124. The van der Waals surface area contributed by atoms with Crippen LogP contribution in [0.25, 0.3) is 0 Å². The van der Waals surface area contributed by atoms with E-state index in [-0.39, 0.29) is 23.9 Å². The van der Waals surface area contributed by atoms with E-state index in [2.05, 4.69) is 10.2 Å². The average Bonchev–Trinajstić information content (AvgIpc) is 3.70. The summed E-state index contributed by atoms with van der Waals surface area (Å²) < 4.78 is 10.9. The quantitative estimate of drug-likeness (QED) is 0.704. The van der Waals surface area contributed by atoms with Crippen molar-refractivity contribution in [2.45, 2.75) is 30.8 Å². The largest absolute Gasteiger partial charge is 0.497 e. The molecule has 7 nitrogen and oxygen atoms in total. The Hall–Kier alpha value is -2.90. The number of nitrogens with zero attached hydrogens (tertiary/aromatic N) is 2. The molecule has 0 radical (unpaired) electrons. The number of carbonyl (C=O) groups excluding carboxylic acids is 2. The molecule has 2 aromatic rings. The van der Waals surface area contributed by atoms with Gasteiger partial charge in [-0.05, 0) is 42.2 Å². The molecule has 1 N–H and O–H groups in total. The van der Waals surface area contributed by atoms with Crippen molar-refractivity contribution in [1.82, 2.24) is 15.1 Å². The minimum absolute atomic E-state index is 0.0123. The van der Waals surface area contributed by atoms with Crippen LogP contribution < -0.4 is 10.1 Å². The molecule has 2 aromatic carbocycles. The molecular formula is C26H31N3O4. The Bertz CT molecular complexity index is 1020. The fourth-order valence-electron chi connectivity index (χ4n) is 5.04. The maximum absolute atomic E-state index is 13.7. The number of amides is 2. The SMILES string of the molecule is COc1cccc(C2C(C(=O)NCCN3CCOCC3)c3ccccc3C(=O)N2C2CC2)c1. The zero-order valence-electron chi connectivity index (χ0n) is 19.0. The molecule has 7 heteroatoms. The summed E-state index contributed by atoms with van der Waals surface area (Å²) >= 11 is 0. The molecule has 2 aliphatic heterocycles. The summed E-state index contributed by atoms with van der Waals surface area (Å²) in [5.41, 5.74) is 2.37. The van der Waals surface area contributed by atoms with Gasteiger partial charge < -0.3 is 19.7 Å². The predicted octanol–water partition coefficient (Wildman–Crippen LogP) is 2.59. The van der Waals surface area contributed by atoms with Gasteiger partial charge in [-0.25, -0.2) is 0 Å². The van der Waals surface area contributed by atoms with Crippen molar-refractivity contribution in [3.8, 4) is 5.75 Å². The normalized spacial score (nSPS) is 23.2. The maximum atomic E-state index is 13.7. The van der Waals surface area contributed by atoms with E-state index in [9.17, 15) is 9.59 Å². The summed E-state index contributed by atoms with van der Waals surface area (Å²) in [6.07, 6.45) is 1.94. The van der Waals surface area contributed by atoms with Crippen LogP contribution in [0.15, 0.2) is 48.5 Å². The van der Waals surface area contributed by atoms with Crippen molar-refractivity contribution in [2.24, 2.45) is 0 Å². The number of fused-ring (bicyclic) bond motifs is 1. The van der Waals surface area contributed by atoms with Gasteiger partial charge in [-0.3, -0.25) is 14.5 Å². The number of methoxy groups -OCH3 is 1. The Morgan fingerprint density at radius 1 is 1.12 bits per heavy atom. The van der Waals surface area contributed by atoms with Crippen molar-refractivity contribution >= 4 is 11.8 Å². The van der Waals surface area contributed by atoms with Crippen LogP contribution in [-0.4, -0.2) is 74.2 Å². The fourth-order valence-corrected chi connectivity index (χ4v) is 5.04. The standard InChI is InChI=1S/C26H31N3O4/c1-32-20-6-4-5-18(17-20)24-23(25(30)27-11-12-28-13-15-33-16-14-28)21-7-2-3-8-22(21)26(31)29(24)19-9-10-19/h2-8,17,19,23-24H,9-16H2,1H3,(H,27,30). The molecule has 2 fully saturated rings. The maximum Gasteiger partial charge on any atom is 0.254 e. The van der Waals surface area contributed by atoms with E-state index in [4.69, 9.17) is 9.47 Å². The zero-order chi connectivity index (χ0) is 22.8. The monoisotopic (exact) mass is 449 g/mol. The first-order chi connectivity index (χ1) is 16.2. The summed E-state index contributed by atoms with van der Waals surface area (Å²) in [5, 5.41) is 3.17. The molecule has 1 saturated heterocycles. The number of morpholine rings is 1. The van der Waals surface area contributed by atoms with E-state index in [0.717, 1.165) is 62.6 Å². The molecule has 0 bridgehead atoms. The van der Waals surface area contributed by atoms with Gasteiger partial charge in [0.1, 0.15) is 5.75 Å². The first-order valence-electron chi connectivity index (χ1n) is 11.8. The van der Waals surface area contributed by atoms with E-state index in [1.165, 1.54) is 0 Å². The molecule has 2 atom stereocenters. The molecule has 1 saturated carbocycles. The molecule has 5 rings (SSSR count). The number of nitrogens with one attached hydrogen (secondary N) is 1. The lowest BCUT2D eigenvalue weighted by atomic mass is 9.79. The Morgan fingerprint density at radius 3 is 2.67 bits per heavy atom. The van der Waals surface area contributed by atoms with Crippen molar-refractivity contribution in [3.63, 3.8) is 0 Å². The van der Waals surface area contributed by atoms with Crippen molar-refractivity contribution in [3.05, 3.63) is 65.2 Å². The summed E-state index contributed by atoms with van der Waals surface area (Å²) in [5.74, 6) is 0.220. The summed E-state index contributed by atoms with van der Waals surface area (Å²) in [7, 11) is 1.63. The number of hydrogen-bond donors (Lipinski definition) is 1. The number of rotatable bonds is 7. The van der Waals surface area contributed by atoms with Gasteiger partial charge in [-0.1, -0.05) is 30.3 Å². The van der Waals surface area contributed by atoms with Gasteiger partial charge in [-0.15, -0.1) is 0 Å². The van der Waals surface area contributed by atoms with Gasteiger partial charge in [0.2, 0.25) is 5.91 Å². The highest BCUT2D eigenvalue weighted by molar-refractivity contribution is 6.01. The zero-order valence-corrected chi connectivity index (χ0v) is 19.0. The lowest BCUT2D eigenvalue weighted by Gasteiger charge is -2.42. The van der Waals surface area contributed by atoms with Crippen LogP contribution in [-0.2, 0) is 9.53 Å². The molecule has 1 aliphatic carbocycles. The number of carbonyl (C=O) groups is 2. The Morgan fingerprint density at radius 2 is 1.91 bits per heavy atom. The Labute approximate surface area is 194 Å². The minimum Gasteiger partial charge on any atom is -0.497 e. The van der Waals surface area contributed by atoms with E-state index >= 15 is 0 Å². The van der Waals surface area contributed by atoms with Crippen LogP contribution in [0, 0.1) is 0 Å². The molecule has 2 unspecified atom stereocenters. The first-order valence-corrected chi connectivity index (χ1v) is 11.8. The summed E-state index contributed by atoms with van der Waals surface area (Å²) in [6, 6.07) is 15.1. The third-order valence-corrected chi connectivity index (χ3v) is 6.87. The van der Waals surface area contributed by atoms with Crippen LogP contribution in [0.5, 0.6) is 5.75 Å². The van der Waals surface area contributed by atoms with E-state index in [0.29, 0.717) is 12.1 Å². The Balaban J connectivity index is 1.47. The molecule has 33 heavy (non-hydrogen) atoms. The van der Waals surface area contributed by atoms with Crippen molar-refractivity contribution in [1.29, 1.82) is 0 Å². The van der Waals surface area contributed by atoms with Gasteiger partial charge >= 0.3 is 0 Å². The van der Waals surface area contributed by atoms with Crippen LogP contribution in [0.2, 0.25) is 0 Å². The minimum atomic E-state index is -0.476. The van der Waals surface area contributed by atoms with Crippen molar-refractivity contribution < 1.29 is 19.1 Å². The fraction of sp³-hybridized carbons (Fsp3) is 0.462. The topological polar surface area (TPSA) is 71.1 Å². The van der Waals surface area contributed by atoms with E-state index in [1.807, 2.05) is 53.4 Å². The molecule has 3 aliphatic rings. The molecule has 174 valence electrons. The van der Waals surface area contributed by atoms with E-state index < -0.39 is 5.92 Å². The van der Waals surface area contributed by atoms with Crippen molar-refractivity contribution in [2.75, 3.05) is 46.5 Å². The number of ether oxygens (including phenoxy) is 2. The molecular weight excluding hydrogens is 418 g/mol. The summed E-state index contributed by atoms with van der Waals surface area (Å²) in [4.78, 5) is 31.5. The van der Waals surface area contributed by atoms with Crippen LogP contribution >= 0.6 is 0 Å². The molecule has 0 spiro atoms. The first kappa shape index (κ1) is 21.9. The Kier molecular flexibility index (Phi) is 6.33. The number of benzene rings is 2. The van der Waals surface area contributed by atoms with E-state index in [1.54, 1.807) is 7.11 Å². The lowest BCUT2D eigenvalue weighted by Crippen LogP contribution is -2.49. The molecule has 2 amide bonds. The van der Waals surface area contributed by atoms with Crippen LogP contribution in [0.3, 0.4) is 0 Å². The van der Waals surface area contributed by atoms with Gasteiger partial charge in [0.15, 0.2) is 0 Å². The number of hydrogen-bond acceptors (Lipinski definition) is 5. The second-order valence-electron chi connectivity index (χ2n) is 8.98. The average molecular weight is 450 g/mol. The van der Waals surface area contributed by atoms with Gasteiger partial charge in [0.05, 0.1) is 32.3 Å². The third kappa shape index (κ3) is 4.48. The van der Waals surface area contributed by atoms with Crippen LogP contribution in [0.1, 0.15) is 46.3 Å². The third-order valence-electron chi connectivity index (χ3n) is 6.87. The second kappa shape index (κ2) is 9.53. The smallest absolute Gasteiger partial charge is 0.254 e. The molecule has 0 aromatic heterocycles. The predicted molar refractivity (Wildman–Crippen MR) is 124 cm³/mol. The van der Waals surface area contributed by atoms with Crippen LogP contribution in [0.4, 0.5) is 0 Å². The molecule has 2 heterocycles.